The molecule has 0 spiro atoms. The van der Waals surface area contributed by atoms with E-state index in [2.05, 4.69) is 16.9 Å². The van der Waals surface area contributed by atoms with Crippen molar-refractivity contribution in [3.63, 3.8) is 0 Å². The van der Waals surface area contributed by atoms with Crippen molar-refractivity contribution in [1.82, 2.24) is 9.62 Å². The first-order chi connectivity index (χ1) is 14.9. The maximum atomic E-state index is 13.5. The lowest BCUT2D eigenvalue weighted by Gasteiger charge is -2.23. The highest BCUT2D eigenvalue weighted by atomic mass is 32.2. The molecule has 0 atom stereocenters. The van der Waals surface area contributed by atoms with Gasteiger partial charge in [0.1, 0.15) is 0 Å². The molecule has 1 aliphatic carbocycles. The number of hydrogen-bond acceptors (Lipinski definition) is 4. The fourth-order valence-corrected chi connectivity index (χ4v) is 5.46. The van der Waals surface area contributed by atoms with Crippen LogP contribution in [0.2, 0.25) is 0 Å². The van der Waals surface area contributed by atoms with E-state index in [1.54, 1.807) is 23.5 Å². The molecule has 7 heteroatoms. The van der Waals surface area contributed by atoms with Gasteiger partial charge in [0.25, 0.3) is 5.91 Å². The first kappa shape index (κ1) is 21.7. The Morgan fingerprint density at radius 1 is 1.10 bits per heavy atom. The van der Waals surface area contributed by atoms with Gasteiger partial charge in [-0.05, 0) is 60.9 Å². The SMILES string of the molecule is Cc1ccc(S(=O)(=O)NC2CC2)cc1C(=O)N(CCc1ccccc1)Cc1cccs1. The molecule has 0 saturated heterocycles. The van der Waals surface area contributed by atoms with Crippen molar-refractivity contribution in [3.05, 3.63) is 87.6 Å². The highest BCUT2D eigenvalue weighted by molar-refractivity contribution is 7.89. The van der Waals surface area contributed by atoms with Crippen molar-refractivity contribution in [2.75, 3.05) is 6.54 Å². The van der Waals surface area contributed by atoms with Crippen LogP contribution in [0.5, 0.6) is 0 Å². The minimum Gasteiger partial charge on any atom is -0.333 e. The standard InChI is InChI=1S/C24H26N2O3S2/c1-18-9-12-22(31(28,29)25-20-10-11-20)16-23(18)24(27)26(17-21-8-5-15-30-21)14-13-19-6-3-2-4-7-19/h2-9,12,15-16,20,25H,10-11,13-14,17H2,1H3. The van der Waals surface area contributed by atoms with Crippen LogP contribution in [-0.2, 0) is 23.0 Å². The van der Waals surface area contributed by atoms with E-state index in [0.717, 1.165) is 35.3 Å². The number of carbonyl (C=O) groups is 1. The first-order valence-electron chi connectivity index (χ1n) is 10.4. The number of nitrogens with zero attached hydrogens (tertiary/aromatic N) is 1. The van der Waals surface area contributed by atoms with Crippen LogP contribution in [0.25, 0.3) is 0 Å². The third-order valence-corrected chi connectivity index (χ3v) is 7.76. The van der Waals surface area contributed by atoms with Crippen LogP contribution in [-0.4, -0.2) is 31.8 Å². The van der Waals surface area contributed by atoms with Crippen LogP contribution >= 0.6 is 11.3 Å². The number of benzene rings is 2. The van der Waals surface area contributed by atoms with Gasteiger partial charge in [-0.3, -0.25) is 4.79 Å². The Balaban J connectivity index is 1.59. The van der Waals surface area contributed by atoms with E-state index in [9.17, 15) is 13.2 Å². The molecule has 3 aromatic rings. The molecule has 0 aliphatic heterocycles. The van der Waals surface area contributed by atoms with E-state index in [-0.39, 0.29) is 16.8 Å². The smallest absolute Gasteiger partial charge is 0.254 e. The number of amides is 1. The van der Waals surface area contributed by atoms with Crippen LogP contribution < -0.4 is 4.72 Å². The van der Waals surface area contributed by atoms with Gasteiger partial charge in [0.15, 0.2) is 0 Å². The molecule has 1 heterocycles. The van der Waals surface area contributed by atoms with Crippen LogP contribution in [0.15, 0.2) is 70.9 Å². The molecule has 1 fully saturated rings. The topological polar surface area (TPSA) is 66.5 Å². The van der Waals surface area contributed by atoms with E-state index in [0.29, 0.717) is 18.7 Å². The fourth-order valence-electron chi connectivity index (χ4n) is 3.41. The lowest BCUT2D eigenvalue weighted by molar-refractivity contribution is 0.0745. The van der Waals surface area contributed by atoms with Crippen molar-refractivity contribution < 1.29 is 13.2 Å². The van der Waals surface area contributed by atoms with E-state index >= 15 is 0 Å². The predicted octanol–water partition coefficient (Wildman–Crippen LogP) is 4.38. The maximum Gasteiger partial charge on any atom is 0.254 e. The molecule has 4 rings (SSSR count). The summed E-state index contributed by atoms with van der Waals surface area (Å²) in [7, 11) is -3.62. The molecule has 1 amide bonds. The zero-order valence-corrected chi connectivity index (χ0v) is 19.1. The number of rotatable bonds is 9. The van der Waals surface area contributed by atoms with Gasteiger partial charge in [0.2, 0.25) is 10.0 Å². The minimum atomic E-state index is -3.62. The Morgan fingerprint density at radius 3 is 2.55 bits per heavy atom. The van der Waals surface area contributed by atoms with Crippen LogP contribution in [0.1, 0.15) is 39.2 Å². The summed E-state index contributed by atoms with van der Waals surface area (Å²) >= 11 is 1.61. The summed E-state index contributed by atoms with van der Waals surface area (Å²) in [5.41, 5.74) is 2.36. The van der Waals surface area contributed by atoms with Gasteiger partial charge in [0, 0.05) is 23.0 Å². The molecule has 0 radical (unpaired) electrons. The molecule has 1 aliphatic rings. The molecule has 5 nitrogen and oxygen atoms in total. The quantitative estimate of drug-likeness (QED) is 0.522. The number of nitrogens with one attached hydrogen (secondary N) is 1. The first-order valence-corrected chi connectivity index (χ1v) is 12.8. The Hall–Kier alpha value is -2.48. The lowest BCUT2D eigenvalue weighted by Crippen LogP contribution is -2.33. The summed E-state index contributed by atoms with van der Waals surface area (Å²) in [5.74, 6) is -0.148. The van der Waals surface area contributed by atoms with Crippen molar-refractivity contribution in [1.29, 1.82) is 0 Å². The lowest BCUT2D eigenvalue weighted by atomic mass is 10.1. The van der Waals surface area contributed by atoms with Crippen LogP contribution in [0.4, 0.5) is 0 Å². The van der Waals surface area contributed by atoms with Gasteiger partial charge in [-0.25, -0.2) is 13.1 Å². The number of thiophene rings is 1. The molecule has 1 N–H and O–H groups in total. The Morgan fingerprint density at radius 2 is 1.87 bits per heavy atom. The van der Waals surface area contributed by atoms with E-state index < -0.39 is 10.0 Å². The monoisotopic (exact) mass is 454 g/mol. The number of hydrogen-bond donors (Lipinski definition) is 1. The predicted molar refractivity (Wildman–Crippen MR) is 124 cm³/mol. The zero-order valence-electron chi connectivity index (χ0n) is 17.5. The van der Waals surface area contributed by atoms with Crippen molar-refractivity contribution >= 4 is 27.3 Å². The average Bonchev–Trinajstić information content (AvgIpc) is 3.41. The Kier molecular flexibility index (Phi) is 6.55. The van der Waals surface area contributed by atoms with E-state index in [1.807, 2.05) is 47.5 Å². The number of aryl methyl sites for hydroxylation is 1. The van der Waals surface area contributed by atoms with Gasteiger partial charge in [-0.15, -0.1) is 11.3 Å². The normalized spacial score (nSPS) is 13.8. The summed E-state index contributed by atoms with van der Waals surface area (Å²) in [4.78, 5) is 16.6. The van der Waals surface area contributed by atoms with Crippen LogP contribution in [0, 0.1) is 6.92 Å². The fraction of sp³-hybridized carbons (Fsp3) is 0.292. The molecule has 1 saturated carbocycles. The molecule has 162 valence electrons. The highest BCUT2D eigenvalue weighted by Crippen LogP contribution is 2.24. The highest BCUT2D eigenvalue weighted by Gasteiger charge is 2.29. The second-order valence-electron chi connectivity index (χ2n) is 7.91. The molecule has 0 unspecified atom stereocenters. The van der Waals surface area contributed by atoms with Gasteiger partial charge in [0.05, 0.1) is 11.4 Å². The summed E-state index contributed by atoms with van der Waals surface area (Å²) in [5, 5.41) is 2.00. The number of carbonyl (C=O) groups excluding carboxylic acids is 1. The van der Waals surface area contributed by atoms with Gasteiger partial charge < -0.3 is 4.90 Å². The second kappa shape index (κ2) is 9.34. The summed E-state index contributed by atoms with van der Waals surface area (Å²) < 4.78 is 28.0. The Bertz CT molecular complexity index is 1140. The van der Waals surface area contributed by atoms with Gasteiger partial charge in [-0.2, -0.15) is 0 Å². The minimum absolute atomic E-state index is 0.0201. The van der Waals surface area contributed by atoms with Crippen LogP contribution in [0.3, 0.4) is 0 Å². The summed E-state index contributed by atoms with van der Waals surface area (Å²) in [6.07, 6.45) is 2.47. The third kappa shape index (κ3) is 5.61. The van der Waals surface area contributed by atoms with E-state index in [1.165, 1.54) is 6.07 Å². The third-order valence-electron chi connectivity index (χ3n) is 5.38. The second-order valence-corrected chi connectivity index (χ2v) is 10.7. The van der Waals surface area contributed by atoms with Crippen molar-refractivity contribution in [2.45, 2.75) is 43.7 Å². The molecular weight excluding hydrogens is 428 g/mol. The molecule has 1 aromatic heterocycles. The average molecular weight is 455 g/mol. The van der Waals surface area contributed by atoms with E-state index in [4.69, 9.17) is 0 Å². The maximum absolute atomic E-state index is 13.5. The zero-order chi connectivity index (χ0) is 21.8. The summed E-state index contributed by atoms with van der Waals surface area (Å²) in [6.45, 7) is 2.90. The van der Waals surface area contributed by atoms with Gasteiger partial charge >= 0.3 is 0 Å². The largest absolute Gasteiger partial charge is 0.333 e. The molecule has 0 bridgehead atoms. The van der Waals surface area contributed by atoms with Crippen molar-refractivity contribution in [3.8, 4) is 0 Å². The van der Waals surface area contributed by atoms with Crippen molar-refractivity contribution in [2.24, 2.45) is 0 Å². The molecule has 2 aromatic carbocycles. The molecule has 31 heavy (non-hydrogen) atoms. The Labute approximate surface area is 187 Å². The number of sulfonamides is 1. The van der Waals surface area contributed by atoms with Gasteiger partial charge in [-0.1, -0.05) is 42.5 Å². The molecular formula is C24H26N2O3S2. The summed E-state index contributed by atoms with van der Waals surface area (Å²) in [6, 6.07) is 18.9.